The summed E-state index contributed by atoms with van der Waals surface area (Å²) in [6.45, 7) is 3.43. The summed E-state index contributed by atoms with van der Waals surface area (Å²) in [7, 11) is 0. The van der Waals surface area contributed by atoms with Gasteiger partial charge in [0.1, 0.15) is 10.0 Å². The molecule has 0 unspecified atom stereocenters. The molecule has 4 nitrogen and oxygen atoms in total. The number of rotatable bonds is 3. The summed E-state index contributed by atoms with van der Waals surface area (Å²) in [5.74, 6) is 0.0110. The van der Waals surface area contributed by atoms with E-state index in [1.807, 2.05) is 6.92 Å². The van der Waals surface area contributed by atoms with Crippen molar-refractivity contribution in [3.05, 3.63) is 28.9 Å². The molecule has 0 aromatic carbocycles. The minimum Gasteiger partial charge on any atom is -0.294 e. The van der Waals surface area contributed by atoms with Gasteiger partial charge in [0.2, 0.25) is 0 Å². The zero-order valence-corrected chi connectivity index (χ0v) is 10.4. The second-order valence-corrected chi connectivity index (χ2v) is 5.52. The second-order valence-electron chi connectivity index (χ2n) is 3.10. The Morgan fingerprint density at radius 1 is 1.44 bits per heavy atom. The Hall–Kier alpha value is -1.27. The van der Waals surface area contributed by atoms with Crippen LogP contribution in [0.1, 0.15) is 22.3 Å². The third-order valence-corrected chi connectivity index (χ3v) is 3.75. The first-order valence-electron chi connectivity index (χ1n) is 4.60. The van der Waals surface area contributed by atoms with Crippen molar-refractivity contribution < 1.29 is 4.79 Å². The maximum atomic E-state index is 11.4. The van der Waals surface area contributed by atoms with Gasteiger partial charge in [-0.05, 0) is 37.7 Å². The van der Waals surface area contributed by atoms with Gasteiger partial charge in [-0.25, -0.2) is 4.98 Å². The van der Waals surface area contributed by atoms with Gasteiger partial charge in [0, 0.05) is 11.8 Å². The van der Waals surface area contributed by atoms with E-state index in [-0.39, 0.29) is 5.78 Å². The Balaban J connectivity index is 2.31. The predicted molar refractivity (Wildman–Crippen MR) is 63.0 cm³/mol. The average Bonchev–Trinajstić information content (AvgIpc) is 2.64. The van der Waals surface area contributed by atoms with Gasteiger partial charge in [-0.1, -0.05) is 11.3 Å². The standard InChI is InChI=1S/C10H9N3OS2/c1-6(14)8-4-3-5-11-9(8)16-10-13-12-7(2)15-10/h3-5H,1-2H3. The molecule has 0 fully saturated rings. The smallest absolute Gasteiger partial charge is 0.180 e. The Morgan fingerprint density at radius 2 is 2.25 bits per heavy atom. The topological polar surface area (TPSA) is 55.7 Å². The number of hydrogen-bond donors (Lipinski definition) is 0. The van der Waals surface area contributed by atoms with Crippen molar-refractivity contribution in [1.29, 1.82) is 0 Å². The molecule has 82 valence electrons. The molecule has 2 aromatic heterocycles. The number of nitrogens with zero attached hydrogens (tertiary/aromatic N) is 3. The Morgan fingerprint density at radius 3 is 2.88 bits per heavy atom. The number of carbonyl (C=O) groups excluding carboxylic acids is 1. The molecule has 0 saturated carbocycles. The summed E-state index contributed by atoms with van der Waals surface area (Å²) < 4.78 is 0.804. The summed E-state index contributed by atoms with van der Waals surface area (Å²) in [6.07, 6.45) is 1.67. The Bertz CT molecular complexity index is 524. The van der Waals surface area contributed by atoms with Crippen LogP contribution in [0.3, 0.4) is 0 Å². The van der Waals surface area contributed by atoms with Crippen molar-refractivity contribution in [3.8, 4) is 0 Å². The lowest BCUT2D eigenvalue weighted by atomic mass is 10.2. The number of carbonyl (C=O) groups is 1. The van der Waals surface area contributed by atoms with Crippen molar-refractivity contribution in [2.45, 2.75) is 23.2 Å². The molecule has 0 saturated heterocycles. The number of pyridine rings is 1. The first-order chi connectivity index (χ1) is 7.66. The van der Waals surface area contributed by atoms with E-state index in [4.69, 9.17) is 0 Å². The highest BCUT2D eigenvalue weighted by atomic mass is 32.2. The highest BCUT2D eigenvalue weighted by Crippen LogP contribution is 2.30. The molecule has 0 amide bonds. The molecule has 0 spiro atoms. The Labute approximate surface area is 101 Å². The summed E-state index contributed by atoms with van der Waals surface area (Å²) in [5, 5.41) is 9.51. The van der Waals surface area contributed by atoms with Gasteiger partial charge in [0.05, 0.1) is 0 Å². The molecule has 0 N–H and O–H groups in total. The third-order valence-electron chi connectivity index (χ3n) is 1.84. The molecule has 16 heavy (non-hydrogen) atoms. The maximum Gasteiger partial charge on any atom is 0.180 e. The number of ketones is 1. The van der Waals surface area contributed by atoms with Gasteiger partial charge < -0.3 is 0 Å². The molecule has 2 heterocycles. The van der Waals surface area contributed by atoms with Crippen molar-refractivity contribution in [3.63, 3.8) is 0 Å². The Kier molecular flexibility index (Phi) is 3.31. The van der Waals surface area contributed by atoms with E-state index in [1.165, 1.54) is 30.0 Å². The van der Waals surface area contributed by atoms with Crippen LogP contribution >= 0.6 is 23.1 Å². The highest BCUT2D eigenvalue weighted by molar-refractivity contribution is 8.01. The van der Waals surface area contributed by atoms with Crippen LogP contribution in [0.2, 0.25) is 0 Å². The SMILES string of the molecule is CC(=O)c1cccnc1Sc1nnc(C)s1. The molecule has 2 aromatic rings. The molecule has 2 rings (SSSR count). The number of Topliss-reactive ketones (excluding diaryl/α,β-unsaturated/α-hetero) is 1. The van der Waals surface area contributed by atoms with E-state index < -0.39 is 0 Å². The summed E-state index contributed by atoms with van der Waals surface area (Å²) in [4.78, 5) is 15.6. The molecule has 0 atom stereocenters. The number of aromatic nitrogens is 3. The lowest BCUT2D eigenvalue weighted by Crippen LogP contribution is -1.96. The van der Waals surface area contributed by atoms with E-state index in [1.54, 1.807) is 18.3 Å². The molecule has 0 radical (unpaired) electrons. The van der Waals surface area contributed by atoms with Gasteiger partial charge >= 0.3 is 0 Å². The fourth-order valence-corrected chi connectivity index (χ4v) is 3.01. The number of aryl methyl sites for hydroxylation is 1. The van der Waals surface area contributed by atoms with Gasteiger partial charge in [-0.15, -0.1) is 10.2 Å². The summed E-state index contributed by atoms with van der Waals surface area (Å²) in [6, 6.07) is 3.53. The lowest BCUT2D eigenvalue weighted by Gasteiger charge is -2.01. The zero-order chi connectivity index (χ0) is 11.5. The third kappa shape index (κ3) is 2.45. The van der Waals surface area contributed by atoms with Crippen LogP contribution in [-0.2, 0) is 0 Å². The first-order valence-corrected chi connectivity index (χ1v) is 6.24. The van der Waals surface area contributed by atoms with Gasteiger partial charge in [0.15, 0.2) is 10.1 Å². The normalized spacial score (nSPS) is 10.4. The molecule has 0 aliphatic heterocycles. The molecule has 0 aliphatic carbocycles. The van der Waals surface area contributed by atoms with E-state index in [2.05, 4.69) is 15.2 Å². The second kappa shape index (κ2) is 4.71. The van der Waals surface area contributed by atoms with E-state index in [0.29, 0.717) is 10.6 Å². The van der Waals surface area contributed by atoms with Gasteiger partial charge in [-0.3, -0.25) is 4.79 Å². The zero-order valence-electron chi connectivity index (χ0n) is 8.80. The summed E-state index contributed by atoms with van der Waals surface area (Å²) in [5.41, 5.74) is 0.625. The largest absolute Gasteiger partial charge is 0.294 e. The van der Waals surface area contributed by atoms with Crippen molar-refractivity contribution >= 4 is 28.9 Å². The van der Waals surface area contributed by atoms with Gasteiger partial charge in [-0.2, -0.15) is 0 Å². The van der Waals surface area contributed by atoms with E-state index >= 15 is 0 Å². The number of hydrogen-bond acceptors (Lipinski definition) is 6. The quantitative estimate of drug-likeness (QED) is 0.785. The van der Waals surface area contributed by atoms with Crippen LogP contribution in [0.25, 0.3) is 0 Å². The lowest BCUT2D eigenvalue weighted by molar-refractivity contribution is 0.101. The van der Waals surface area contributed by atoms with Crippen LogP contribution in [0.4, 0.5) is 0 Å². The fourth-order valence-electron chi connectivity index (χ4n) is 1.14. The summed E-state index contributed by atoms with van der Waals surface area (Å²) >= 11 is 2.87. The monoisotopic (exact) mass is 251 g/mol. The van der Waals surface area contributed by atoms with Crippen molar-refractivity contribution in [1.82, 2.24) is 15.2 Å². The highest BCUT2D eigenvalue weighted by Gasteiger charge is 2.11. The van der Waals surface area contributed by atoms with Crippen LogP contribution in [0.5, 0.6) is 0 Å². The van der Waals surface area contributed by atoms with Crippen LogP contribution in [0.15, 0.2) is 27.7 Å². The molecule has 0 bridgehead atoms. The molecule has 0 aliphatic rings. The fraction of sp³-hybridized carbons (Fsp3) is 0.200. The minimum atomic E-state index is 0.0110. The van der Waals surface area contributed by atoms with Gasteiger partial charge in [0.25, 0.3) is 0 Å². The van der Waals surface area contributed by atoms with Crippen LogP contribution in [-0.4, -0.2) is 21.0 Å². The molecular formula is C10H9N3OS2. The van der Waals surface area contributed by atoms with E-state index in [9.17, 15) is 4.79 Å². The predicted octanol–water partition coefficient (Wildman–Crippen LogP) is 2.60. The molecule has 6 heteroatoms. The van der Waals surface area contributed by atoms with Crippen LogP contribution < -0.4 is 0 Å². The van der Waals surface area contributed by atoms with Crippen molar-refractivity contribution in [2.24, 2.45) is 0 Å². The molecular weight excluding hydrogens is 242 g/mol. The van der Waals surface area contributed by atoms with Crippen molar-refractivity contribution in [2.75, 3.05) is 0 Å². The average molecular weight is 251 g/mol. The maximum absolute atomic E-state index is 11.4. The van der Waals surface area contributed by atoms with Crippen LogP contribution in [0, 0.1) is 6.92 Å². The van der Waals surface area contributed by atoms with E-state index in [0.717, 1.165) is 9.35 Å². The first kappa shape index (κ1) is 11.2. The minimum absolute atomic E-state index is 0.0110.